The summed E-state index contributed by atoms with van der Waals surface area (Å²) in [7, 11) is 0. The van der Waals surface area contributed by atoms with Gasteiger partial charge in [0.2, 0.25) is 0 Å². The van der Waals surface area contributed by atoms with Crippen molar-refractivity contribution in [3.63, 3.8) is 0 Å². The minimum atomic E-state index is 0.374. The van der Waals surface area contributed by atoms with Crippen LogP contribution in [-0.4, -0.2) is 4.98 Å². The standard InChI is InChI=1S/C7H4BrClN2/c1-4-7(9)6(8)2-5(3-10)11-4/h2H,1H3. The second-order valence-corrected chi connectivity index (χ2v) is 3.23. The number of nitriles is 1. The molecule has 0 saturated heterocycles. The summed E-state index contributed by atoms with van der Waals surface area (Å²) < 4.78 is 0.711. The first-order valence-corrected chi connectivity index (χ1v) is 4.05. The number of hydrogen-bond acceptors (Lipinski definition) is 2. The van der Waals surface area contributed by atoms with Crippen LogP contribution in [0.25, 0.3) is 0 Å². The summed E-state index contributed by atoms with van der Waals surface area (Å²) in [5.41, 5.74) is 1.04. The lowest BCUT2D eigenvalue weighted by Crippen LogP contribution is -1.88. The number of aromatic nitrogens is 1. The Labute approximate surface area is 77.9 Å². The van der Waals surface area contributed by atoms with Gasteiger partial charge in [-0.25, -0.2) is 4.98 Å². The van der Waals surface area contributed by atoms with Crippen LogP contribution in [0.1, 0.15) is 11.4 Å². The van der Waals surface area contributed by atoms with Gasteiger partial charge < -0.3 is 0 Å². The molecule has 0 N–H and O–H groups in total. The Hall–Kier alpha value is -0.590. The van der Waals surface area contributed by atoms with Crippen molar-refractivity contribution in [2.45, 2.75) is 6.92 Å². The third-order valence-electron chi connectivity index (χ3n) is 1.19. The van der Waals surface area contributed by atoms with Gasteiger partial charge in [0.05, 0.1) is 10.7 Å². The predicted octanol–water partition coefficient (Wildman–Crippen LogP) is 2.68. The number of nitrogens with zero attached hydrogens (tertiary/aromatic N) is 2. The second kappa shape index (κ2) is 3.21. The molecule has 0 spiro atoms. The summed E-state index contributed by atoms with van der Waals surface area (Å²) in [4.78, 5) is 3.93. The van der Waals surface area contributed by atoms with Crippen molar-refractivity contribution in [2.24, 2.45) is 0 Å². The molecular formula is C7H4BrClN2. The van der Waals surface area contributed by atoms with Gasteiger partial charge >= 0.3 is 0 Å². The zero-order valence-corrected chi connectivity index (χ0v) is 8.07. The monoisotopic (exact) mass is 230 g/mol. The number of hydrogen-bond donors (Lipinski definition) is 0. The van der Waals surface area contributed by atoms with Crippen molar-refractivity contribution in [2.75, 3.05) is 0 Å². The Morgan fingerprint density at radius 2 is 2.36 bits per heavy atom. The molecule has 0 atom stereocenters. The van der Waals surface area contributed by atoms with Crippen LogP contribution in [0, 0.1) is 18.3 Å². The molecule has 0 aromatic carbocycles. The number of aryl methyl sites for hydroxylation is 1. The van der Waals surface area contributed by atoms with Gasteiger partial charge in [0, 0.05) is 4.47 Å². The van der Waals surface area contributed by atoms with Gasteiger partial charge in [0.1, 0.15) is 11.8 Å². The molecule has 0 amide bonds. The molecular weight excluding hydrogens is 227 g/mol. The van der Waals surface area contributed by atoms with E-state index in [1.54, 1.807) is 13.0 Å². The summed E-state index contributed by atoms with van der Waals surface area (Å²) in [6.45, 7) is 1.76. The molecule has 0 aliphatic carbocycles. The van der Waals surface area contributed by atoms with E-state index in [9.17, 15) is 0 Å². The lowest BCUT2D eigenvalue weighted by atomic mass is 10.3. The van der Waals surface area contributed by atoms with Gasteiger partial charge in [-0.05, 0) is 28.9 Å². The van der Waals surface area contributed by atoms with E-state index in [2.05, 4.69) is 20.9 Å². The fourth-order valence-corrected chi connectivity index (χ4v) is 1.28. The fourth-order valence-electron chi connectivity index (χ4n) is 0.676. The van der Waals surface area contributed by atoms with Gasteiger partial charge in [-0.3, -0.25) is 0 Å². The summed E-state index contributed by atoms with van der Waals surface area (Å²) in [6, 6.07) is 3.53. The van der Waals surface area contributed by atoms with Gasteiger partial charge in [0.15, 0.2) is 0 Å². The molecule has 0 radical (unpaired) electrons. The molecule has 11 heavy (non-hydrogen) atoms. The molecule has 4 heteroatoms. The normalized spacial score (nSPS) is 9.27. The molecule has 1 heterocycles. The van der Waals surface area contributed by atoms with Crippen molar-refractivity contribution >= 4 is 27.5 Å². The molecule has 0 saturated carbocycles. The lowest BCUT2D eigenvalue weighted by molar-refractivity contribution is 1.16. The molecule has 56 valence electrons. The number of rotatable bonds is 0. The smallest absolute Gasteiger partial charge is 0.141 e. The van der Waals surface area contributed by atoms with Crippen LogP contribution in [0.5, 0.6) is 0 Å². The highest BCUT2D eigenvalue weighted by molar-refractivity contribution is 9.10. The molecule has 0 aliphatic rings. The molecule has 0 fully saturated rings. The zero-order valence-electron chi connectivity index (χ0n) is 5.73. The van der Waals surface area contributed by atoms with Crippen LogP contribution >= 0.6 is 27.5 Å². The van der Waals surface area contributed by atoms with Crippen LogP contribution in [0.3, 0.4) is 0 Å². The van der Waals surface area contributed by atoms with E-state index in [1.807, 2.05) is 6.07 Å². The summed E-state index contributed by atoms with van der Waals surface area (Å²) in [5.74, 6) is 0. The molecule has 1 rings (SSSR count). The minimum absolute atomic E-state index is 0.374. The van der Waals surface area contributed by atoms with E-state index in [1.165, 1.54) is 0 Å². The minimum Gasteiger partial charge on any atom is -0.241 e. The van der Waals surface area contributed by atoms with Gasteiger partial charge in [-0.15, -0.1) is 0 Å². The topological polar surface area (TPSA) is 36.7 Å². The average molecular weight is 231 g/mol. The van der Waals surface area contributed by atoms with Crippen molar-refractivity contribution in [1.82, 2.24) is 4.98 Å². The maximum absolute atomic E-state index is 8.50. The zero-order chi connectivity index (χ0) is 8.43. The Morgan fingerprint density at radius 1 is 1.73 bits per heavy atom. The number of halogens is 2. The first-order chi connectivity index (χ1) is 5.15. The maximum atomic E-state index is 8.50. The van der Waals surface area contributed by atoms with Crippen molar-refractivity contribution in [3.8, 4) is 6.07 Å². The van der Waals surface area contributed by atoms with E-state index in [0.29, 0.717) is 20.9 Å². The van der Waals surface area contributed by atoms with E-state index in [-0.39, 0.29) is 0 Å². The quantitative estimate of drug-likeness (QED) is 0.688. The maximum Gasteiger partial charge on any atom is 0.141 e. The highest BCUT2D eigenvalue weighted by atomic mass is 79.9. The molecule has 0 bridgehead atoms. The Balaban J connectivity index is 3.35. The SMILES string of the molecule is Cc1nc(C#N)cc(Br)c1Cl. The largest absolute Gasteiger partial charge is 0.241 e. The third kappa shape index (κ3) is 1.70. The Morgan fingerprint density at radius 3 is 2.82 bits per heavy atom. The third-order valence-corrected chi connectivity index (χ3v) is 2.52. The van der Waals surface area contributed by atoms with E-state index in [4.69, 9.17) is 16.9 Å². The Bertz CT molecular complexity index is 307. The van der Waals surface area contributed by atoms with Crippen molar-refractivity contribution in [3.05, 3.63) is 26.9 Å². The highest BCUT2D eigenvalue weighted by Crippen LogP contribution is 2.24. The fraction of sp³-hybridized carbons (Fsp3) is 0.143. The predicted molar refractivity (Wildman–Crippen MR) is 46.4 cm³/mol. The van der Waals surface area contributed by atoms with Crippen molar-refractivity contribution < 1.29 is 0 Å². The first-order valence-electron chi connectivity index (χ1n) is 2.88. The van der Waals surface area contributed by atoms with E-state index in [0.717, 1.165) is 0 Å². The van der Waals surface area contributed by atoms with Crippen molar-refractivity contribution in [1.29, 1.82) is 5.26 Å². The van der Waals surface area contributed by atoms with Crippen LogP contribution in [0.2, 0.25) is 5.02 Å². The summed E-state index contributed by atoms with van der Waals surface area (Å²) in [6.07, 6.45) is 0. The molecule has 2 nitrogen and oxygen atoms in total. The van der Waals surface area contributed by atoms with Gasteiger partial charge in [-0.1, -0.05) is 11.6 Å². The number of pyridine rings is 1. The lowest BCUT2D eigenvalue weighted by Gasteiger charge is -1.98. The second-order valence-electron chi connectivity index (χ2n) is 2.00. The molecule has 0 aliphatic heterocycles. The van der Waals surface area contributed by atoms with Gasteiger partial charge in [0.25, 0.3) is 0 Å². The average Bonchev–Trinajstić information content (AvgIpc) is 1.99. The van der Waals surface area contributed by atoms with Crippen LogP contribution < -0.4 is 0 Å². The van der Waals surface area contributed by atoms with Gasteiger partial charge in [-0.2, -0.15) is 5.26 Å². The van der Waals surface area contributed by atoms with Crippen LogP contribution in [-0.2, 0) is 0 Å². The molecule has 1 aromatic rings. The van der Waals surface area contributed by atoms with Crippen LogP contribution in [0.4, 0.5) is 0 Å². The van der Waals surface area contributed by atoms with Crippen LogP contribution in [0.15, 0.2) is 10.5 Å². The molecule has 1 aromatic heterocycles. The molecule has 0 unspecified atom stereocenters. The Kier molecular flexibility index (Phi) is 2.48. The first kappa shape index (κ1) is 8.51. The summed E-state index contributed by atoms with van der Waals surface area (Å²) in [5, 5.41) is 9.06. The summed E-state index contributed by atoms with van der Waals surface area (Å²) >= 11 is 9.00. The highest BCUT2D eigenvalue weighted by Gasteiger charge is 2.03. The van der Waals surface area contributed by atoms with E-state index < -0.39 is 0 Å². The van der Waals surface area contributed by atoms with E-state index >= 15 is 0 Å².